The highest BCUT2D eigenvalue weighted by molar-refractivity contribution is 8.00. The van der Waals surface area contributed by atoms with E-state index in [4.69, 9.17) is 0 Å². The molecule has 3 fully saturated rings. The Morgan fingerprint density at radius 2 is 2.00 bits per heavy atom. The number of thioether (sulfide) groups is 1. The van der Waals surface area contributed by atoms with E-state index in [1.54, 1.807) is 0 Å². The fraction of sp³-hybridized carbons (Fsp3) is 1.00. The van der Waals surface area contributed by atoms with E-state index >= 15 is 0 Å². The van der Waals surface area contributed by atoms with Crippen LogP contribution in [0.4, 0.5) is 0 Å². The van der Waals surface area contributed by atoms with Crippen molar-refractivity contribution in [3.05, 3.63) is 0 Å². The molecule has 0 spiro atoms. The van der Waals surface area contributed by atoms with E-state index in [0.717, 1.165) is 11.3 Å². The summed E-state index contributed by atoms with van der Waals surface area (Å²) in [5, 5.41) is 11.7. The Bertz CT molecular complexity index is 172. The van der Waals surface area contributed by atoms with Crippen LogP contribution in [0.2, 0.25) is 0 Å². The third kappa shape index (κ3) is 0.733. The molecule has 0 amide bonds. The standard InChI is InChI=1S/C6H11N3S/c1-2-3-4(7-3)8-5-6(9-5)10-2/h2-9H,1H3/t2?,3?,4?,5?,6-/m0/s1. The number of hydrogen-bond acceptors (Lipinski definition) is 4. The molecule has 10 heavy (non-hydrogen) atoms. The van der Waals surface area contributed by atoms with Crippen LogP contribution in [0.3, 0.4) is 0 Å². The lowest BCUT2D eigenvalue weighted by Gasteiger charge is -2.04. The minimum absolute atomic E-state index is 0.595. The van der Waals surface area contributed by atoms with Crippen molar-refractivity contribution in [3.8, 4) is 0 Å². The molecule has 3 aliphatic heterocycles. The monoisotopic (exact) mass is 157 g/mol. The van der Waals surface area contributed by atoms with Crippen LogP contribution in [-0.2, 0) is 0 Å². The van der Waals surface area contributed by atoms with E-state index in [9.17, 15) is 0 Å². The summed E-state index contributed by atoms with van der Waals surface area (Å²) < 4.78 is 0. The van der Waals surface area contributed by atoms with Crippen LogP contribution in [0.25, 0.3) is 0 Å². The molecular weight excluding hydrogens is 146 g/mol. The number of hydrogen-bond donors (Lipinski definition) is 3. The summed E-state index contributed by atoms with van der Waals surface area (Å²) >= 11 is 2.05. The van der Waals surface area contributed by atoms with Gasteiger partial charge in [-0.15, -0.1) is 11.8 Å². The van der Waals surface area contributed by atoms with Gasteiger partial charge in [-0.1, -0.05) is 6.92 Å². The van der Waals surface area contributed by atoms with Gasteiger partial charge in [-0.05, 0) is 0 Å². The van der Waals surface area contributed by atoms with Crippen molar-refractivity contribution in [2.45, 2.75) is 35.9 Å². The predicted molar refractivity (Wildman–Crippen MR) is 41.6 cm³/mol. The summed E-state index contributed by atoms with van der Waals surface area (Å²) in [6.45, 7) is 2.30. The predicted octanol–water partition coefficient (Wildman–Crippen LogP) is -0.735. The van der Waals surface area contributed by atoms with Gasteiger partial charge in [-0.2, -0.15) is 0 Å². The summed E-state index contributed by atoms with van der Waals surface area (Å²) in [5.41, 5.74) is 0. The number of fused-ring (bicyclic) bond motifs is 2. The smallest absolute Gasteiger partial charge is 0.0848 e. The minimum Gasteiger partial charge on any atom is -0.294 e. The summed E-state index contributed by atoms with van der Waals surface area (Å²) in [5.74, 6) is 0. The second kappa shape index (κ2) is 1.69. The first kappa shape index (κ1) is 5.83. The third-order valence-electron chi connectivity index (χ3n) is 2.39. The molecule has 3 aliphatic rings. The first-order valence-electron chi connectivity index (χ1n) is 3.78. The van der Waals surface area contributed by atoms with E-state index in [1.165, 1.54) is 0 Å². The zero-order chi connectivity index (χ0) is 6.72. The maximum Gasteiger partial charge on any atom is 0.0848 e. The quantitative estimate of drug-likeness (QED) is 0.406. The highest BCUT2D eigenvalue weighted by atomic mass is 32.2. The molecule has 0 bridgehead atoms. The van der Waals surface area contributed by atoms with E-state index in [2.05, 4.69) is 22.9 Å². The SMILES string of the molecule is CC1S[C@@H]2NC2NC2NC21. The molecule has 5 atom stereocenters. The van der Waals surface area contributed by atoms with Crippen LogP contribution in [0.15, 0.2) is 0 Å². The molecule has 4 unspecified atom stereocenters. The Balaban J connectivity index is 1.79. The highest BCUT2D eigenvalue weighted by Gasteiger charge is 2.52. The van der Waals surface area contributed by atoms with Gasteiger partial charge in [-0.25, -0.2) is 0 Å². The second-order valence-corrected chi connectivity index (χ2v) is 4.77. The van der Waals surface area contributed by atoms with Crippen LogP contribution in [0.5, 0.6) is 0 Å². The molecule has 3 N–H and O–H groups in total. The first-order valence-corrected chi connectivity index (χ1v) is 4.72. The van der Waals surface area contributed by atoms with Crippen molar-refractivity contribution in [2.24, 2.45) is 0 Å². The molecule has 3 rings (SSSR count). The van der Waals surface area contributed by atoms with E-state index in [0.29, 0.717) is 17.7 Å². The number of nitrogens with one attached hydrogen (secondary N) is 3. The van der Waals surface area contributed by atoms with Crippen LogP contribution < -0.4 is 16.0 Å². The van der Waals surface area contributed by atoms with Crippen molar-refractivity contribution in [1.29, 1.82) is 0 Å². The zero-order valence-corrected chi connectivity index (χ0v) is 6.61. The van der Waals surface area contributed by atoms with E-state index in [1.807, 2.05) is 11.8 Å². The molecule has 0 saturated carbocycles. The molecule has 0 aromatic carbocycles. The molecular formula is C6H11N3S. The van der Waals surface area contributed by atoms with Gasteiger partial charge in [0, 0.05) is 11.3 Å². The van der Waals surface area contributed by atoms with Gasteiger partial charge in [0.25, 0.3) is 0 Å². The molecule has 3 saturated heterocycles. The maximum atomic E-state index is 3.48. The lowest BCUT2D eigenvalue weighted by molar-refractivity contribution is 0.648. The average molecular weight is 157 g/mol. The fourth-order valence-electron chi connectivity index (χ4n) is 1.59. The van der Waals surface area contributed by atoms with E-state index < -0.39 is 0 Å². The Morgan fingerprint density at radius 1 is 1.10 bits per heavy atom. The van der Waals surface area contributed by atoms with Crippen LogP contribution in [0.1, 0.15) is 6.92 Å². The van der Waals surface area contributed by atoms with Gasteiger partial charge in [0.15, 0.2) is 0 Å². The van der Waals surface area contributed by atoms with Gasteiger partial charge in [0.05, 0.1) is 17.7 Å². The summed E-state index contributed by atoms with van der Waals surface area (Å²) in [7, 11) is 0. The van der Waals surface area contributed by atoms with Crippen molar-refractivity contribution in [1.82, 2.24) is 16.0 Å². The van der Waals surface area contributed by atoms with Crippen molar-refractivity contribution < 1.29 is 0 Å². The molecule has 0 aliphatic carbocycles. The van der Waals surface area contributed by atoms with Crippen molar-refractivity contribution in [2.75, 3.05) is 0 Å². The molecule has 3 heterocycles. The van der Waals surface area contributed by atoms with Crippen molar-refractivity contribution in [3.63, 3.8) is 0 Å². The van der Waals surface area contributed by atoms with Crippen molar-refractivity contribution >= 4 is 11.8 Å². The Labute approximate surface area is 64.3 Å². The van der Waals surface area contributed by atoms with Gasteiger partial charge in [0.1, 0.15) is 0 Å². The first-order chi connectivity index (χ1) is 4.84. The third-order valence-corrected chi connectivity index (χ3v) is 3.81. The average Bonchev–Trinajstić information content (AvgIpc) is 2.66. The van der Waals surface area contributed by atoms with E-state index in [-0.39, 0.29) is 0 Å². The normalized spacial score (nSPS) is 63.9. The molecule has 3 nitrogen and oxygen atoms in total. The lowest BCUT2D eigenvalue weighted by Crippen LogP contribution is -2.26. The maximum absolute atomic E-state index is 3.48. The topological polar surface area (TPSA) is 55.9 Å². The summed E-state index contributed by atoms with van der Waals surface area (Å²) in [6, 6.07) is 0.736. The Hall–Kier alpha value is 0.230. The molecule has 0 aromatic heterocycles. The van der Waals surface area contributed by atoms with Gasteiger partial charge >= 0.3 is 0 Å². The molecule has 56 valence electrons. The lowest BCUT2D eigenvalue weighted by atomic mass is 10.3. The molecule has 0 radical (unpaired) electrons. The van der Waals surface area contributed by atoms with Gasteiger partial charge in [-0.3, -0.25) is 16.0 Å². The van der Waals surface area contributed by atoms with Crippen LogP contribution in [-0.4, -0.2) is 29.0 Å². The fourth-order valence-corrected chi connectivity index (χ4v) is 2.92. The zero-order valence-electron chi connectivity index (χ0n) is 5.79. The second-order valence-electron chi connectivity index (χ2n) is 3.24. The largest absolute Gasteiger partial charge is 0.294 e. The Kier molecular flexibility index (Phi) is 0.985. The molecule has 0 aromatic rings. The molecule has 4 heteroatoms. The van der Waals surface area contributed by atoms with Gasteiger partial charge < -0.3 is 0 Å². The Morgan fingerprint density at radius 3 is 2.90 bits per heavy atom. The number of rotatable bonds is 0. The van der Waals surface area contributed by atoms with Crippen LogP contribution in [0, 0.1) is 0 Å². The van der Waals surface area contributed by atoms with Gasteiger partial charge in [0.2, 0.25) is 0 Å². The van der Waals surface area contributed by atoms with Crippen LogP contribution >= 0.6 is 11.8 Å². The minimum atomic E-state index is 0.595. The summed E-state index contributed by atoms with van der Waals surface area (Å²) in [6.07, 6.45) is 1.20. The summed E-state index contributed by atoms with van der Waals surface area (Å²) in [4.78, 5) is 0. The highest BCUT2D eigenvalue weighted by Crippen LogP contribution is 2.36.